The molecule has 1 amide bonds. The Labute approximate surface area is 77.0 Å². The molecule has 0 spiro atoms. The molecule has 1 rings (SSSR count). The highest BCUT2D eigenvalue weighted by Gasteiger charge is 2.26. The van der Waals surface area contributed by atoms with E-state index in [-0.39, 0.29) is 24.5 Å². The number of rotatable bonds is 2. The van der Waals surface area contributed by atoms with Crippen molar-refractivity contribution < 1.29 is 14.3 Å². The summed E-state index contributed by atoms with van der Waals surface area (Å²) >= 11 is 0. The first-order valence-corrected chi connectivity index (χ1v) is 4.24. The number of carbonyl (C=O) groups is 2. The van der Waals surface area contributed by atoms with Crippen molar-refractivity contribution in [1.82, 2.24) is 10.2 Å². The van der Waals surface area contributed by atoms with Crippen molar-refractivity contribution in [1.29, 1.82) is 0 Å². The smallest absolute Gasteiger partial charge is 0.325 e. The second kappa shape index (κ2) is 4.23. The van der Waals surface area contributed by atoms with Crippen molar-refractivity contribution >= 4 is 11.9 Å². The van der Waals surface area contributed by atoms with Gasteiger partial charge in [0.05, 0.1) is 13.2 Å². The average Bonchev–Trinajstić information content (AvgIpc) is 2.13. The van der Waals surface area contributed by atoms with E-state index in [9.17, 15) is 9.59 Å². The standard InChI is InChI=1S/C8H14N2O3/c1-6-8(12)10(4-3-9-6)5-7(11)13-2/h6,9H,3-5H2,1-2H3. The van der Waals surface area contributed by atoms with Crippen LogP contribution in [0.15, 0.2) is 0 Å². The Morgan fingerprint density at radius 1 is 1.77 bits per heavy atom. The molecule has 1 fully saturated rings. The number of hydrogen-bond acceptors (Lipinski definition) is 4. The van der Waals surface area contributed by atoms with E-state index in [2.05, 4.69) is 10.1 Å². The van der Waals surface area contributed by atoms with Gasteiger partial charge in [-0.3, -0.25) is 9.59 Å². The van der Waals surface area contributed by atoms with Crippen LogP contribution < -0.4 is 5.32 Å². The van der Waals surface area contributed by atoms with Crippen LogP contribution in [-0.2, 0) is 14.3 Å². The normalized spacial score (nSPS) is 23.1. The molecule has 74 valence electrons. The summed E-state index contributed by atoms with van der Waals surface area (Å²) in [5.41, 5.74) is 0. The minimum atomic E-state index is -0.373. The zero-order valence-electron chi connectivity index (χ0n) is 7.87. The molecule has 5 nitrogen and oxygen atoms in total. The number of methoxy groups -OCH3 is 1. The number of nitrogens with zero attached hydrogens (tertiary/aromatic N) is 1. The molecule has 0 radical (unpaired) electrons. The van der Waals surface area contributed by atoms with E-state index in [1.54, 1.807) is 6.92 Å². The van der Waals surface area contributed by atoms with E-state index < -0.39 is 0 Å². The summed E-state index contributed by atoms with van der Waals surface area (Å²) in [4.78, 5) is 23.8. The van der Waals surface area contributed by atoms with E-state index in [1.165, 1.54) is 12.0 Å². The average molecular weight is 186 g/mol. The van der Waals surface area contributed by atoms with Crippen molar-refractivity contribution in [3.63, 3.8) is 0 Å². The molecule has 1 N–H and O–H groups in total. The van der Waals surface area contributed by atoms with Crippen LogP contribution in [0.2, 0.25) is 0 Å². The maximum atomic E-state index is 11.4. The second-order valence-corrected chi connectivity index (χ2v) is 3.01. The third-order valence-corrected chi connectivity index (χ3v) is 2.06. The lowest BCUT2D eigenvalue weighted by molar-refractivity contribution is -0.148. The predicted molar refractivity (Wildman–Crippen MR) is 46.1 cm³/mol. The number of amides is 1. The number of nitrogens with one attached hydrogen (secondary N) is 1. The number of carbonyl (C=O) groups excluding carboxylic acids is 2. The van der Waals surface area contributed by atoms with E-state index in [0.717, 1.165) is 6.54 Å². The molecule has 0 aromatic rings. The minimum absolute atomic E-state index is 0.0448. The van der Waals surface area contributed by atoms with Crippen LogP contribution in [0.5, 0.6) is 0 Å². The lowest BCUT2D eigenvalue weighted by Crippen LogP contribution is -2.54. The summed E-state index contributed by atoms with van der Waals surface area (Å²) in [6, 6.07) is -0.196. The monoisotopic (exact) mass is 186 g/mol. The molecular weight excluding hydrogens is 172 g/mol. The third kappa shape index (κ3) is 2.42. The summed E-state index contributed by atoms with van der Waals surface area (Å²) in [6.07, 6.45) is 0. The van der Waals surface area contributed by atoms with Crippen LogP contribution in [0.4, 0.5) is 0 Å². The van der Waals surface area contributed by atoms with Crippen molar-refractivity contribution in [2.24, 2.45) is 0 Å². The first-order chi connectivity index (χ1) is 6.15. The molecule has 0 aromatic carbocycles. The fourth-order valence-electron chi connectivity index (χ4n) is 1.26. The van der Waals surface area contributed by atoms with Gasteiger partial charge in [-0.05, 0) is 6.92 Å². The molecular formula is C8H14N2O3. The molecule has 1 aliphatic heterocycles. The van der Waals surface area contributed by atoms with E-state index in [4.69, 9.17) is 0 Å². The second-order valence-electron chi connectivity index (χ2n) is 3.01. The zero-order chi connectivity index (χ0) is 9.84. The Morgan fingerprint density at radius 3 is 3.08 bits per heavy atom. The highest BCUT2D eigenvalue weighted by Crippen LogP contribution is 2.00. The Kier molecular flexibility index (Phi) is 3.25. The molecule has 1 unspecified atom stereocenters. The molecule has 0 saturated carbocycles. The molecule has 1 saturated heterocycles. The molecule has 5 heteroatoms. The Balaban J connectivity index is 2.49. The van der Waals surface area contributed by atoms with Gasteiger partial charge >= 0.3 is 5.97 Å². The lowest BCUT2D eigenvalue weighted by atomic mass is 10.2. The number of hydrogen-bond donors (Lipinski definition) is 1. The maximum absolute atomic E-state index is 11.4. The summed E-state index contributed by atoms with van der Waals surface area (Å²) < 4.78 is 4.48. The van der Waals surface area contributed by atoms with Crippen LogP contribution in [0, 0.1) is 0 Å². The summed E-state index contributed by atoms with van der Waals surface area (Å²) in [7, 11) is 1.32. The molecule has 1 atom stereocenters. The van der Waals surface area contributed by atoms with Gasteiger partial charge in [-0.1, -0.05) is 0 Å². The van der Waals surface area contributed by atoms with Gasteiger partial charge in [-0.25, -0.2) is 0 Å². The van der Waals surface area contributed by atoms with Gasteiger partial charge in [0.25, 0.3) is 0 Å². The lowest BCUT2D eigenvalue weighted by Gasteiger charge is -2.30. The van der Waals surface area contributed by atoms with Crippen LogP contribution in [0.1, 0.15) is 6.92 Å². The highest BCUT2D eigenvalue weighted by molar-refractivity contribution is 5.86. The summed E-state index contributed by atoms with van der Waals surface area (Å²) in [6.45, 7) is 3.13. The molecule has 0 aliphatic carbocycles. The van der Waals surface area contributed by atoms with Gasteiger partial charge < -0.3 is 15.0 Å². The van der Waals surface area contributed by atoms with Gasteiger partial charge in [-0.15, -0.1) is 0 Å². The topological polar surface area (TPSA) is 58.6 Å². The Morgan fingerprint density at radius 2 is 2.46 bits per heavy atom. The quantitative estimate of drug-likeness (QED) is 0.561. The fraction of sp³-hybridized carbons (Fsp3) is 0.750. The Hall–Kier alpha value is -1.10. The first-order valence-electron chi connectivity index (χ1n) is 4.24. The zero-order valence-corrected chi connectivity index (χ0v) is 7.87. The summed E-state index contributed by atoms with van der Waals surface area (Å²) in [5.74, 6) is -0.417. The van der Waals surface area contributed by atoms with E-state index >= 15 is 0 Å². The number of ether oxygens (including phenoxy) is 1. The molecule has 1 heterocycles. The van der Waals surface area contributed by atoms with E-state index in [0.29, 0.717) is 6.54 Å². The van der Waals surface area contributed by atoms with E-state index in [1.807, 2.05) is 0 Å². The molecule has 13 heavy (non-hydrogen) atoms. The largest absolute Gasteiger partial charge is 0.468 e. The summed E-state index contributed by atoms with van der Waals surface area (Å²) in [5, 5.41) is 3.01. The molecule has 0 aromatic heterocycles. The predicted octanol–water partition coefficient (Wildman–Crippen LogP) is -1.02. The SMILES string of the molecule is COC(=O)CN1CCNC(C)C1=O. The van der Waals surface area contributed by atoms with Crippen molar-refractivity contribution in [2.75, 3.05) is 26.7 Å². The van der Waals surface area contributed by atoms with Gasteiger partial charge in [0, 0.05) is 13.1 Å². The fourth-order valence-corrected chi connectivity index (χ4v) is 1.26. The Bertz CT molecular complexity index is 217. The van der Waals surface area contributed by atoms with Crippen LogP contribution >= 0.6 is 0 Å². The van der Waals surface area contributed by atoms with Gasteiger partial charge in [0.2, 0.25) is 5.91 Å². The van der Waals surface area contributed by atoms with Gasteiger partial charge in [-0.2, -0.15) is 0 Å². The van der Waals surface area contributed by atoms with Crippen LogP contribution in [-0.4, -0.2) is 49.6 Å². The highest BCUT2D eigenvalue weighted by atomic mass is 16.5. The first kappa shape index (κ1) is 9.98. The maximum Gasteiger partial charge on any atom is 0.325 e. The van der Waals surface area contributed by atoms with Crippen LogP contribution in [0.3, 0.4) is 0 Å². The minimum Gasteiger partial charge on any atom is -0.468 e. The number of piperazine rings is 1. The van der Waals surface area contributed by atoms with Crippen LogP contribution in [0.25, 0.3) is 0 Å². The van der Waals surface area contributed by atoms with Gasteiger partial charge in [0.15, 0.2) is 0 Å². The van der Waals surface area contributed by atoms with Crippen molar-refractivity contribution in [3.8, 4) is 0 Å². The molecule has 0 bridgehead atoms. The van der Waals surface area contributed by atoms with Crippen molar-refractivity contribution in [2.45, 2.75) is 13.0 Å². The van der Waals surface area contributed by atoms with Crippen molar-refractivity contribution in [3.05, 3.63) is 0 Å². The van der Waals surface area contributed by atoms with Gasteiger partial charge in [0.1, 0.15) is 6.54 Å². The number of esters is 1. The third-order valence-electron chi connectivity index (χ3n) is 2.06. The molecule has 1 aliphatic rings.